The van der Waals surface area contributed by atoms with Crippen molar-refractivity contribution >= 4 is 5.78 Å². The van der Waals surface area contributed by atoms with Gasteiger partial charge < -0.3 is 4.90 Å². The van der Waals surface area contributed by atoms with Crippen LogP contribution in [0.25, 0.3) is 0 Å². The summed E-state index contributed by atoms with van der Waals surface area (Å²) in [6.45, 7) is 2.09. The first kappa shape index (κ1) is 15.3. The zero-order valence-electron chi connectivity index (χ0n) is 11.4. The number of nitrogens with zero attached hydrogens (tertiary/aromatic N) is 2. The van der Waals surface area contributed by atoms with Crippen LogP contribution in [0.15, 0.2) is 30.3 Å². The molecule has 0 amide bonds. The zero-order valence-corrected chi connectivity index (χ0v) is 11.4. The minimum Gasteiger partial charge on any atom is -0.306 e. The van der Waals surface area contributed by atoms with Gasteiger partial charge in [-0.05, 0) is 33.0 Å². The van der Waals surface area contributed by atoms with Crippen LogP contribution in [0, 0.1) is 16.0 Å². The largest absolute Gasteiger partial charge is 0.306 e. The molecule has 0 aromatic heterocycles. The van der Waals surface area contributed by atoms with Gasteiger partial charge in [-0.15, -0.1) is 0 Å². The van der Waals surface area contributed by atoms with E-state index in [4.69, 9.17) is 10.1 Å². The van der Waals surface area contributed by atoms with Crippen molar-refractivity contribution in [1.29, 1.82) is 0 Å². The summed E-state index contributed by atoms with van der Waals surface area (Å²) < 4.78 is 0. The van der Waals surface area contributed by atoms with E-state index in [1.807, 2.05) is 30.3 Å². The van der Waals surface area contributed by atoms with Gasteiger partial charge in [-0.2, -0.15) is 0 Å². The molecule has 0 saturated carbocycles. The van der Waals surface area contributed by atoms with Crippen LogP contribution in [-0.2, 0) is 0 Å². The first-order valence-electron chi connectivity index (χ1n) is 6.36. The average molecular weight is 264 g/mol. The van der Waals surface area contributed by atoms with Gasteiger partial charge in [0, 0.05) is 16.4 Å². The van der Waals surface area contributed by atoms with E-state index in [-0.39, 0.29) is 5.92 Å². The maximum atomic E-state index is 12.1. The van der Waals surface area contributed by atoms with Crippen molar-refractivity contribution in [2.75, 3.05) is 27.2 Å². The SMILES string of the molecule is CN1CCC(C(=O)c2ccccc2)CC1.C[N+](=O)[O-]. The van der Waals surface area contributed by atoms with Gasteiger partial charge in [0.05, 0.1) is 0 Å². The number of hydrogen-bond donors (Lipinski definition) is 0. The number of nitro groups is 1. The topological polar surface area (TPSA) is 63.5 Å². The Morgan fingerprint density at radius 2 is 1.74 bits per heavy atom. The molecule has 1 fully saturated rings. The molecular formula is C14H20N2O3. The summed E-state index contributed by atoms with van der Waals surface area (Å²) in [7, 11) is 3.00. The number of carbonyl (C=O) groups excluding carboxylic acids is 1. The van der Waals surface area contributed by atoms with E-state index in [1.54, 1.807) is 0 Å². The minimum atomic E-state index is -0.500. The molecule has 0 bridgehead atoms. The maximum Gasteiger partial charge on any atom is 0.194 e. The summed E-state index contributed by atoms with van der Waals surface area (Å²) in [5.74, 6) is 0.562. The normalized spacial score (nSPS) is 16.3. The fourth-order valence-corrected chi connectivity index (χ4v) is 2.11. The number of carbonyl (C=O) groups is 1. The molecule has 1 saturated heterocycles. The van der Waals surface area contributed by atoms with Gasteiger partial charge in [-0.3, -0.25) is 14.9 Å². The summed E-state index contributed by atoms with van der Waals surface area (Å²) in [4.78, 5) is 22.7. The second-order valence-electron chi connectivity index (χ2n) is 4.75. The van der Waals surface area contributed by atoms with E-state index in [0.717, 1.165) is 38.5 Å². The molecule has 0 aliphatic carbocycles. The fraction of sp³-hybridized carbons (Fsp3) is 0.500. The van der Waals surface area contributed by atoms with Crippen LogP contribution in [0.3, 0.4) is 0 Å². The molecule has 0 atom stereocenters. The number of Topliss-reactive ketones (excluding diaryl/α,β-unsaturated/α-hetero) is 1. The highest BCUT2D eigenvalue weighted by Gasteiger charge is 2.23. The first-order valence-corrected chi connectivity index (χ1v) is 6.36. The Balaban J connectivity index is 0.000000399. The standard InChI is InChI=1S/C13H17NO.CH3NO2/c1-14-9-7-12(8-10-14)13(15)11-5-3-2-4-6-11;1-2(3)4/h2-6,12H,7-10H2,1H3;1H3. The summed E-state index contributed by atoms with van der Waals surface area (Å²) in [6, 6.07) is 9.65. The van der Waals surface area contributed by atoms with Crippen LogP contribution in [0.4, 0.5) is 0 Å². The van der Waals surface area contributed by atoms with Gasteiger partial charge in [0.25, 0.3) is 0 Å². The molecule has 1 aromatic rings. The Morgan fingerprint density at radius 3 is 2.21 bits per heavy atom. The molecule has 104 valence electrons. The molecule has 1 heterocycles. The third kappa shape index (κ3) is 5.61. The van der Waals surface area contributed by atoms with E-state index >= 15 is 0 Å². The van der Waals surface area contributed by atoms with Gasteiger partial charge in [-0.25, -0.2) is 0 Å². The van der Waals surface area contributed by atoms with Crippen LogP contribution < -0.4 is 0 Å². The van der Waals surface area contributed by atoms with Crippen LogP contribution in [0.5, 0.6) is 0 Å². The Labute approximate surface area is 113 Å². The Kier molecular flexibility index (Phi) is 6.15. The van der Waals surface area contributed by atoms with E-state index in [2.05, 4.69) is 11.9 Å². The molecule has 19 heavy (non-hydrogen) atoms. The number of likely N-dealkylation sites (tertiary alicyclic amines) is 1. The van der Waals surface area contributed by atoms with E-state index < -0.39 is 4.92 Å². The Bertz CT molecular complexity index is 408. The molecule has 5 heteroatoms. The molecule has 1 aromatic carbocycles. The van der Waals surface area contributed by atoms with E-state index in [9.17, 15) is 4.79 Å². The molecule has 0 unspecified atom stereocenters. The molecule has 0 radical (unpaired) electrons. The van der Waals surface area contributed by atoms with Crippen molar-refractivity contribution in [3.8, 4) is 0 Å². The second-order valence-corrected chi connectivity index (χ2v) is 4.75. The van der Waals surface area contributed by atoms with Gasteiger partial charge in [-0.1, -0.05) is 30.3 Å². The van der Waals surface area contributed by atoms with Crippen molar-refractivity contribution in [2.24, 2.45) is 5.92 Å². The number of benzene rings is 1. The maximum absolute atomic E-state index is 12.1. The Morgan fingerprint density at radius 1 is 1.26 bits per heavy atom. The third-order valence-electron chi connectivity index (χ3n) is 3.15. The predicted octanol–water partition coefficient (Wildman–Crippen LogP) is 2.10. The third-order valence-corrected chi connectivity index (χ3v) is 3.15. The van der Waals surface area contributed by atoms with Crippen LogP contribution in [-0.4, -0.2) is 42.8 Å². The zero-order chi connectivity index (χ0) is 14.3. The first-order chi connectivity index (χ1) is 9.00. The number of ketones is 1. The molecule has 0 N–H and O–H groups in total. The summed E-state index contributed by atoms with van der Waals surface area (Å²) >= 11 is 0. The Hall–Kier alpha value is -1.75. The average Bonchev–Trinajstić information content (AvgIpc) is 2.39. The minimum absolute atomic E-state index is 0.239. The lowest BCUT2D eigenvalue weighted by molar-refractivity contribution is -0.445. The molecule has 1 aliphatic rings. The summed E-state index contributed by atoms with van der Waals surface area (Å²) in [6.07, 6.45) is 2.01. The molecule has 1 aliphatic heterocycles. The predicted molar refractivity (Wildman–Crippen MR) is 73.9 cm³/mol. The highest BCUT2D eigenvalue weighted by molar-refractivity contribution is 5.97. The lowest BCUT2D eigenvalue weighted by atomic mass is 9.89. The van der Waals surface area contributed by atoms with Crippen molar-refractivity contribution in [3.63, 3.8) is 0 Å². The molecule has 0 spiro atoms. The molecule has 2 rings (SSSR count). The van der Waals surface area contributed by atoms with Crippen LogP contribution >= 0.6 is 0 Å². The number of piperidine rings is 1. The fourth-order valence-electron chi connectivity index (χ4n) is 2.11. The van der Waals surface area contributed by atoms with E-state index in [1.165, 1.54) is 0 Å². The lowest BCUT2D eigenvalue weighted by Gasteiger charge is -2.27. The van der Waals surface area contributed by atoms with Gasteiger partial charge in [0.2, 0.25) is 0 Å². The van der Waals surface area contributed by atoms with Crippen LogP contribution in [0.2, 0.25) is 0 Å². The monoisotopic (exact) mass is 264 g/mol. The smallest absolute Gasteiger partial charge is 0.194 e. The highest BCUT2D eigenvalue weighted by Crippen LogP contribution is 2.20. The van der Waals surface area contributed by atoms with Crippen molar-refractivity contribution in [1.82, 2.24) is 4.90 Å². The number of rotatable bonds is 2. The second kappa shape index (κ2) is 7.63. The van der Waals surface area contributed by atoms with Crippen molar-refractivity contribution in [3.05, 3.63) is 46.0 Å². The van der Waals surface area contributed by atoms with Gasteiger partial charge >= 0.3 is 0 Å². The van der Waals surface area contributed by atoms with Crippen molar-refractivity contribution in [2.45, 2.75) is 12.8 Å². The van der Waals surface area contributed by atoms with Crippen LogP contribution in [0.1, 0.15) is 23.2 Å². The summed E-state index contributed by atoms with van der Waals surface area (Å²) in [5, 5.41) is 8.81. The van der Waals surface area contributed by atoms with E-state index in [0.29, 0.717) is 5.78 Å². The molecular weight excluding hydrogens is 244 g/mol. The number of hydrogen-bond acceptors (Lipinski definition) is 4. The molecule has 5 nitrogen and oxygen atoms in total. The van der Waals surface area contributed by atoms with Gasteiger partial charge in [0.1, 0.15) is 0 Å². The van der Waals surface area contributed by atoms with Gasteiger partial charge in [0.15, 0.2) is 12.8 Å². The highest BCUT2D eigenvalue weighted by atomic mass is 16.6. The lowest BCUT2D eigenvalue weighted by Crippen LogP contribution is -2.33. The summed E-state index contributed by atoms with van der Waals surface area (Å²) in [5.41, 5.74) is 0.868. The van der Waals surface area contributed by atoms with Crippen molar-refractivity contribution < 1.29 is 9.72 Å². The quantitative estimate of drug-likeness (QED) is 0.466.